The minimum absolute atomic E-state index is 0.186. The molecule has 1 aliphatic heterocycles. The largest absolute Gasteiger partial charge is 0.493 e. The number of nitrogens with zero attached hydrogens (tertiary/aromatic N) is 2. The van der Waals surface area contributed by atoms with Crippen LogP contribution in [0.25, 0.3) is 0 Å². The highest BCUT2D eigenvalue weighted by Crippen LogP contribution is 2.16. The molecular formula is C17H26N2O3. The van der Waals surface area contributed by atoms with Crippen LogP contribution < -0.4 is 4.74 Å². The smallest absolute Gasteiger partial charge is 0.236 e. The van der Waals surface area contributed by atoms with Crippen LogP contribution in [0.2, 0.25) is 0 Å². The summed E-state index contributed by atoms with van der Waals surface area (Å²) in [6.07, 6.45) is 0.904. The zero-order chi connectivity index (χ0) is 15.8. The molecule has 5 heteroatoms. The van der Waals surface area contributed by atoms with Gasteiger partial charge in [-0.25, -0.2) is 0 Å². The van der Waals surface area contributed by atoms with Gasteiger partial charge in [0, 0.05) is 19.6 Å². The maximum absolute atomic E-state index is 12.1. The lowest BCUT2D eigenvalue weighted by Crippen LogP contribution is -2.45. The van der Waals surface area contributed by atoms with Crippen molar-refractivity contribution in [2.75, 3.05) is 53.0 Å². The molecule has 1 aromatic rings. The predicted octanol–water partition coefficient (Wildman–Crippen LogP) is 1.55. The maximum atomic E-state index is 12.1. The summed E-state index contributed by atoms with van der Waals surface area (Å²) in [5, 5.41) is 0. The Bertz CT molecular complexity index is 473. The third-order valence-electron chi connectivity index (χ3n) is 3.80. The topological polar surface area (TPSA) is 42.0 Å². The second-order valence-corrected chi connectivity index (χ2v) is 5.70. The average Bonchev–Trinajstić information content (AvgIpc) is 2.54. The minimum atomic E-state index is 0.186. The fraction of sp³-hybridized carbons (Fsp3) is 0.588. The van der Waals surface area contributed by atoms with E-state index in [1.165, 1.54) is 0 Å². The van der Waals surface area contributed by atoms with Crippen LogP contribution in [0, 0.1) is 6.92 Å². The van der Waals surface area contributed by atoms with Crippen molar-refractivity contribution >= 4 is 5.91 Å². The van der Waals surface area contributed by atoms with E-state index in [1.807, 2.05) is 43.1 Å². The van der Waals surface area contributed by atoms with Crippen LogP contribution in [0.5, 0.6) is 5.75 Å². The molecule has 1 saturated heterocycles. The number of amides is 1. The summed E-state index contributed by atoms with van der Waals surface area (Å²) in [7, 11) is 1.98. The van der Waals surface area contributed by atoms with Gasteiger partial charge in [-0.3, -0.25) is 9.69 Å². The number of carbonyl (C=O) groups is 1. The lowest BCUT2D eigenvalue weighted by molar-refractivity contribution is -0.136. The number of hydrogen-bond acceptors (Lipinski definition) is 4. The molecule has 1 aromatic carbocycles. The van der Waals surface area contributed by atoms with Crippen molar-refractivity contribution in [2.24, 2.45) is 0 Å². The van der Waals surface area contributed by atoms with Gasteiger partial charge in [0.25, 0.3) is 0 Å². The summed E-state index contributed by atoms with van der Waals surface area (Å²) < 4.78 is 11.0. The Balaban J connectivity index is 1.62. The first-order valence-electron chi connectivity index (χ1n) is 7.89. The van der Waals surface area contributed by atoms with E-state index in [4.69, 9.17) is 9.47 Å². The Morgan fingerprint density at radius 3 is 2.77 bits per heavy atom. The summed E-state index contributed by atoms with van der Waals surface area (Å²) in [5.41, 5.74) is 1.15. The molecule has 1 heterocycles. The van der Waals surface area contributed by atoms with Crippen LogP contribution in [-0.4, -0.2) is 68.8 Å². The van der Waals surface area contributed by atoms with Crippen molar-refractivity contribution in [1.29, 1.82) is 0 Å². The molecule has 0 unspecified atom stereocenters. The zero-order valence-electron chi connectivity index (χ0n) is 13.6. The number of morpholine rings is 1. The molecule has 1 fully saturated rings. The van der Waals surface area contributed by atoms with Crippen LogP contribution in [-0.2, 0) is 9.53 Å². The van der Waals surface area contributed by atoms with E-state index in [-0.39, 0.29) is 5.91 Å². The van der Waals surface area contributed by atoms with E-state index in [9.17, 15) is 4.79 Å². The van der Waals surface area contributed by atoms with Crippen molar-refractivity contribution in [2.45, 2.75) is 13.3 Å². The first-order chi connectivity index (χ1) is 10.7. The SMILES string of the molecule is Cc1ccccc1OCCCN(C)CC(=O)N1CCOCC1. The highest BCUT2D eigenvalue weighted by molar-refractivity contribution is 5.78. The van der Waals surface area contributed by atoms with Crippen molar-refractivity contribution in [3.63, 3.8) is 0 Å². The fourth-order valence-corrected chi connectivity index (χ4v) is 2.46. The van der Waals surface area contributed by atoms with Crippen molar-refractivity contribution in [1.82, 2.24) is 9.80 Å². The fourth-order valence-electron chi connectivity index (χ4n) is 2.46. The number of ether oxygens (including phenoxy) is 2. The van der Waals surface area contributed by atoms with Gasteiger partial charge in [0.1, 0.15) is 5.75 Å². The summed E-state index contributed by atoms with van der Waals surface area (Å²) in [6, 6.07) is 8.02. The maximum Gasteiger partial charge on any atom is 0.236 e. The van der Waals surface area contributed by atoms with E-state index in [2.05, 4.69) is 4.90 Å². The van der Waals surface area contributed by atoms with Crippen molar-refractivity contribution in [3.05, 3.63) is 29.8 Å². The molecular weight excluding hydrogens is 280 g/mol. The zero-order valence-corrected chi connectivity index (χ0v) is 13.6. The van der Waals surface area contributed by atoms with Gasteiger partial charge in [-0.2, -0.15) is 0 Å². The second-order valence-electron chi connectivity index (χ2n) is 5.70. The van der Waals surface area contributed by atoms with Crippen LogP contribution >= 0.6 is 0 Å². The Kier molecular flexibility index (Phi) is 6.68. The van der Waals surface area contributed by atoms with Gasteiger partial charge in [-0.15, -0.1) is 0 Å². The van der Waals surface area contributed by atoms with Gasteiger partial charge in [0.2, 0.25) is 5.91 Å². The van der Waals surface area contributed by atoms with Gasteiger partial charge >= 0.3 is 0 Å². The molecule has 0 spiro atoms. The first kappa shape index (κ1) is 16.8. The van der Waals surface area contributed by atoms with E-state index in [1.54, 1.807) is 0 Å². The standard InChI is InChI=1S/C17H26N2O3/c1-15-6-3-4-7-16(15)22-11-5-8-18(2)14-17(20)19-9-12-21-13-10-19/h3-4,6-7H,5,8-14H2,1-2H3. The first-order valence-corrected chi connectivity index (χ1v) is 7.89. The lowest BCUT2D eigenvalue weighted by Gasteiger charge is -2.28. The molecule has 0 bridgehead atoms. The number of likely N-dealkylation sites (N-methyl/N-ethyl adjacent to an activating group) is 1. The van der Waals surface area contributed by atoms with Gasteiger partial charge in [-0.05, 0) is 32.0 Å². The van der Waals surface area contributed by atoms with Gasteiger partial charge in [-0.1, -0.05) is 18.2 Å². The van der Waals surface area contributed by atoms with E-state index in [0.29, 0.717) is 39.5 Å². The molecule has 1 amide bonds. The Hall–Kier alpha value is -1.59. The van der Waals surface area contributed by atoms with E-state index >= 15 is 0 Å². The number of rotatable bonds is 7. The van der Waals surface area contributed by atoms with E-state index < -0.39 is 0 Å². The van der Waals surface area contributed by atoms with Crippen LogP contribution in [0.4, 0.5) is 0 Å². The van der Waals surface area contributed by atoms with Crippen molar-refractivity contribution in [3.8, 4) is 5.75 Å². The number of para-hydroxylation sites is 1. The normalized spacial score (nSPS) is 15.1. The van der Waals surface area contributed by atoms with Crippen LogP contribution in [0.1, 0.15) is 12.0 Å². The quantitative estimate of drug-likeness (QED) is 0.717. The minimum Gasteiger partial charge on any atom is -0.493 e. The molecule has 0 saturated carbocycles. The molecule has 0 N–H and O–H groups in total. The highest BCUT2D eigenvalue weighted by Gasteiger charge is 2.17. The number of hydrogen-bond donors (Lipinski definition) is 0. The van der Waals surface area contributed by atoms with Crippen LogP contribution in [0.15, 0.2) is 24.3 Å². The molecule has 0 radical (unpaired) electrons. The molecule has 0 atom stereocenters. The number of benzene rings is 1. The van der Waals surface area contributed by atoms with Crippen LogP contribution in [0.3, 0.4) is 0 Å². The van der Waals surface area contributed by atoms with Gasteiger partial charge in [0.15, 0.2) is 0 Å². The molecule has 0 aromatic heterocycles. The summed E-state index contributed by atoms with van der Waals surface area (Å²) >= 11 is 0. The van der Waals surface area contributed by atoms with E-state index in [0.717, 1.165) is 24.3 Å². The second kappa shape index (κ2) is 8.76. The molecule has 2 rings (SSSR count). The third kappa shape index (κ3) is 5.31. The summed E-state index contributed by atoms with van der Waals surface area (Å²) in [6.45, 7) is 6.75. The Morgan fingerprint density at radius 2 is 2.05 bits per heavy atom. The molecule has 1 aliphatic rings. The molecule has 122 valence electrons. The lowest BCUT2D eigenvalue weighted by atomic mass is 10.2. The molecule has 22 heavy (non-hydrogen) atoms. The van der Waals surface area contributed by atoms with Crippen molar-refractivity contribution < 1.29 is 14.3 Å². The summed E-state index contributed by atoms with van der Waals surface area (Å²) in [5.74, 6) is 1.13. The molecule has 5 nitrogen and oxygen atoms in total. The van der Waals surface area contributed by atoms with Gasteiger partial charge < -0.3 is 14.4 Å². The van der Waals surface area contributed by atoms with Gasteiger partial charge in [0.05, 0.1) is 26.4 Å². The monoisotopic (exact) mass is 306 g/mol. The summed E-state index contributed by atoms with van der Waals surface area (Å²) in [4.78, 5) is 16.0. The number of carbonyl (C=O) groups excluding carboxylic acids is 1. The number of aryl methyl sites for hydroxylation is 1. The third-order valence-corrected chi connectivity index (χ3v) is 3.80. The average molecular weight is 306 g/mol. The highest BCUT2D eigenvalue weighted by atomic mass is 16.5. The Morgan fingerprint density at radius 1 is 1.32 bits per heavy atom. The Labute approximate surface area is 132 Å². The predicted molar refractivity (Wildman–Crippen MR) is 86.2 cm³/mol. The molecule has 0 aliphatic carbocycles.